The molecule has 3 atom stereocenters. The normalized spacial score (nSPS) is 23.6. The molecule has 1 aromatic carbocycles. The number of nitrogens with one attached hydrogen (secondary N) is 2. The van der Waals surface area contributed by atoms with E-state index in [0.29, 0.717) is 12.3 Å². The number of aromatic amines is 1. The molecule has 1 amide bonds. The maximum Gasteiger partial charge on any atom is 0.268 e. The summed E-state index contributed by atoms with van der Waals surface area (Å²) in [4.78, 5) is 15.0. The molecule has 1 fully saturated rings. The summed E-state index contributed by atoms with van der Waals surface area (Å²) in [6, 6.07) is 13.1. The lowest BCUT2D eigenvalue weighted by Gasteiger charge is -2.43. The highest BCUT2D eigenvalue weighted by Gasteiger charge is 2.44. The Hall–Kier alpha value is -2.27. The monoisotopic (exact) mass is 300 g/mol. The van der Waals surface area contributed by atoms with Crippen molar-refractivity contribution in [3.8, 4) is 5.75 Å². The lowest BCUT2D eigenvalue weighted by Crippen LogP contribution is -2.62. The average molecular weight is 300 g/mol. The predicted molar refractivity (Wildman–Crippen MR) is 82.9 cm³/mol. The van der Waals surface area contributed by atoms with Gasteiger partial charge in [0.25, 0.3) is 5.91 Å². The summed E-state index contributed by atoms with van der Waals surface area (Å²) < 4.78 is 11.7. The van der Waals surface area contributed by atoms with Gasteiger partial charge < -0.3 is 19.8 Å². The van der Waals surface area contributed by atoms with Gasteiger partial charge in [0.2, 0.25) is 0 Å². The van der Waals surface area contributed by atoms with E-state index in [1.165, 1.54) is 0 Å². The van der Waals surface area contributed by atoms with Gasteiger partial charge in [-0.3, -0.25) is 4.79 Å². The van der Waals surface area contributed by atoms with E-state index < -0.39 is 0 Å². The summed E-state index contributed by atoms with van der Waals surface area (Å²) in [5.74, 6) is 0.669. The molecule has 3 unspecified atom stereocenters. The number of hydrogen-bond acceptors (Lipinski definition) is 3. The summed E-state index contributed by atoms with van der Waals surface area (Å²) in [7, 11) is 0. The molecule has 2 N–H and O–H groups in total. The van der Waals surface area contributed by atoms with E-state index in [1.807, 2.05) is 37.3 Å². The summed E-state index contributed by atoms with van der Waals surface area (Å²) in [6.45, 7) is 2.60. The minimum atomic E-state index is -0.165. The van der Waals surface area contributed by atoms with E-state index in [1.54, 1.807) is 18.3 Å². The Morgan fingerprint density at radius 2 is 2.09 bits per heavy atom. The highest BCUT2D eigenvalue weighted by molar-refractivity contribution is 5.92. The second-order valence-electron chi connectivity index (χ2n) is 5.29. The zero-order chi connectivity index (χ0) is 15.4. The molecule has 0 saturated heterocycles. The van der Waals surface area contributed by atoms with E-state index in [2.05, 4.69) is 10.3 Å². The van der Waals surface area contributed by atoms with Crippen LogP contribution < -0.4 is 10.1 Å². The van der Waals surface area contributed by atoms with E-state index >= 15 is 0 Å². The van der Waals surface area contributed by atoms with E-state index in [4.69, 9.17) is 9.47 Å². The molecule has 3 rings (SSSR count). The van der Waals surface area contributed by atoms with Gasteiger partial charge in [-0.2, -0.15) is 0 Å². The second-order valence-corrected chi connectivity index (χ2v) is 5.29. The zero-order valence-corrected chi connectivity index (χ0v) is 12.5. The number of aromatic nitrogens is 1. The highest BCUT2D eigenvalue weighted by Crippen LogP contribution is 2.29. The lowest BCUT2D eigenvalue weighted by molar-refractivity contribution is -0.0995. The van der Waals surface area contributed by atoms with Crippen LogP contribution in [0.3, 0.4) is 0 Å². The molecule has 1 aliphatic rings. The molecular formula is C17H20N2O3. The summed E-state index contributed by atoms with van der Waals surface area (Å²) in [5, 5.41) is 3.00. The Labute approximate surface area is 129 Å². The Kier molecular flexibility index (Phi) is 4.44. The van der Waals surface area contributed by atoms with E-state index in [0.717, 1.165) is 12.2 Å². The van der Waals surface area contributed by atoms with Crippen molar-refractivity contribution in [2.75, 3.05) is 6.61 Å². The number of carbonyl (C=O) groups excluding carboxylic acids is 1. The first-order chi connectivity index (χ1) is 10.8. The van der Waals surface area contributed by atoms with Crippen LogP contribution >= 0.6 is 0 Å². The van der Waals surface area contributed by atoms with Crippen LogP contribution in [0.1, 0.15) is 23.8 Å². The number of amides is 1. The average Bonchev–Trinajstić information content (AvgIpc) is 3.07. The van der Waals surface area contributed by atoms with Gasteiger partial charge in [0.05, 0.1) is 12.1 Å². The fourth-order valence-electron chi connectivity index (χ4n) is 2.63. The molecule has 2 aromatic rings. The third kappa shape index (κ3) is 3.14. The van der Waals surface area contributed by atoms with Crippen molar-refractivity contribution in [2.24, 2.45) is 0 Å². The molecule has 0 radical (unpaired) electrons. The van der Waals surface area contributed by atoms with Gasteiger partial charge in [-0.05, 0) is 31.2 Å². The summed E-state index contributed by atoms with van der Waals surface area (Å²) in [5.41, 5.74) is 0.554. The number of para-hydroxylation sites is 1. The molecule has 22 heavy (non-hydrogen) atoms. The summed E-state index contributed by atoms with van der Waals surface area (Å²) in [6.07, 6.45) is 2.34. The standard InChI is InChI=1S/C17H20N2O3/c1-2-21-15-11-14(19-17(20)13-9-6-10-18-13)16(15)22-12-7-4-3-5-8-12/h3-10,14-16,18H,2,11H2,1H3,(H,19,20). The molecule has 0 aliphatic heterocycles. The number of carbonyl (C=O) groups is 1. The first-order valence-corrected chi connectivity index (χ1v) is 7.55. The van der Waals surface area contributed by atoms with Crippen molar-refractivity contribution >= 4 is 5.91 Å². The minimum Gasteiger partial charge on any atom is -0.486 e. The molecule has 1 aromatic heterocycles. The van der Waals surface area contributed by atoms with Gasteiger partial charge in [-0.25, -0.2) is 0 Å². The molecule has 1 saturated carbocycles. The fourth-order valence-corrected chi connectivity index (χ4v) is 2.63. The number of ether oxygens (including phenoxy) is 2. The molecule has 0 bridgehead atoms. The van der Waals surface area contributed by atoms with Gasteiger partial charge in [0.1, 0.15) is 17.5 Å². The Morgan fingerprint density at radius 1 is 1.27 bits per heavy atom. The molecule has 1 aliphatic carbocycles. The third-order valence-electron chi connectivity index (χ3n) is 3.80. The fraction of sp³-hybridized carbons (Fsp3) is 0.353. The summed E-state index contributed by atoms with van der Waals surface area (Å²) >= 11 is 0. The van der Waals surface area contributed by atoms with Crippen LogP contribution in [0.25, 0.3) is 0 Å². The Bertz CT molecular complexity index is 598. The van der Waals surface area contributed by atoms with Crippen molar-refractivity contribution in [3.05, 3.63) is 54.4 Å². The zero-order valence-electron chi connectivity index (χ0n) is 12.5. The Balaban J connectivity index is 1.64. The number of H-pyrrole nitrogens is 1. The van der Waals surface area contributed by atoms with Crippen LogP contribution in [0.2, 0.25) is 0 Å². The van der Waals surface area contributed by atoms with Crippen LogP contribution in [0.5, 0.6) is 5.75 Å². The topological polar surface area (TPSA) is 63.3 Å². The van der Waals surface area contributed by atoms with Crippen LogP contribution in [-0.2, 0) is 4.74 Å². The van der Waals surface area contributed by atoms with Gasteiger partial charge in [0.15, 0.2) is 0 Å². The Morgan fingerprint density at radius 3 is 2.77 bits per heavy atom. The van der Waals surface area contributed by atoms with Crippen LogP contribution in [0.4, 0.5) is 0 Å². The molecule has 116 valence electrons. The van der Waals surface area contributed by atoms with Crippen molar-refractivity contribution < 1.29 is 14.3 Å². The van der Waals surface area contributed by atoms with Gasteiger partial charge in [0, 0.05) is 19.2 Å². The highest BCUT2D eigenvalue weighted by atomic mass is 16.5. The second kappa shape index (κ2) is 6.66. The van der Waals surface area contributed by atoms with Crippen LogP contribution in [0, 0.1) is 0 Å². The first-order valence-electron chi connectivity index (χ1n) is 7.55. The van der Waals surface area contributed by atoms with Crippen molar-refractivity contribution in [3.63, 3.8) is 0 Å². The van der Waals surface area contributed by atoms with Gasteiger partial charge >= 0.3 is 0 Å². The largest absolute Gasteiger partial charge is 0.486 e. The SMILES string of the molecule is CCOC1CC(NC(=O)c2ccc[nH]2)C1Oc1ccccc1. The van der Waals surface area contributed by atoms with Crippen LogP contribution in [-0.4, -0.2) is 35.7 Å². The quantitative estimate of drug-likeness (QED) is 0.861. The molecular weight excluding hydrogens is 280 g/mol. The third-order valence-corrected chi connectivity index (χ3v) is 3.80. The molecule has 5 nitrogen and oxygen atoms in total. The van der Waals surface area contributed by atoms with E-state index in [9.17, 15) is 4.79 Å². The minimum absolute atomic E-state index is 0.0131. The van der Waals surface area contributed by atoms with Crippen molar-refractivity contribution in [1.29, 1.82) is 0 Å². The smallest absolute Gasteiger partial charge is 0.268 e. The molecule has 5 heteroatoms. The first kappa shape index (κ1) is 14.7. The van der Waals surface area contributed by atoms with Crippen LogP contribution in [0.15, 0.2) is 48.7 Å². The lowest BCUT2D eigenvalue weighted by atomic mass is 9.85. The van der Waals surface area contributed by atoms with Crippen molar-refractivity contribution in [2.45, 2.75) is 31.6 Å². The number of hydrogen-bond donors (Lipinski definition) is 2. The predicted octanol–water partition coefficient (Wildman–Crippen LogP) is 2.37. The maximum atomic E-state index is 12.1. The number of benzene rings is 1. The number of rotatable bonds is 6. The van der Waals surface area contributed by atoms with Crippen molar-refractivity contribution in [1.82, 2.24) is 10.3 Å². The van der Waals surface area contributed by atoms with E-state index in [-0.39, 0.29) is 24.2 Å². The van der Waals surface area contributed by atoms with Gasteiger partial charge in [-0.1, -0.05) is 18.2 Å². The maximum absolute atomic E-state index is 12.1. The van der Waals surface area contributed by atoms with Gasteiger partial charge in [-0.15, -0.1) is 0 Å². The molecule has 0 spiro atoms. The molecule has 1 heterocycles.